The number of hydrogen-bond acceptors (Lipinski definition) is 4. The molecule has 0 saturated heterocycles. The monoisotopic (exact) mass is 498 g/mol. The molecule has 34 heavy (non-hydrogen) atoms. The number of amides is 1. The summed E-state index contributed by atoms with van der Waals surface area (Å²) in [5, 5.41) is 0.197. The number of carbonyl (C=O) groups is 1. The molecule has 8 heteroatoms. The van der Waals surface area contributed by atoms with Crippen molar-refractivity contribution >= 4 is 27.5 Å². The van der Waals surface area contributed by atoms with Crippen LogP contribution in [0.1, 0.15) is 23.6 Å². The molecule has 6 nitrogen and oxygen atoms in total. The van der Waals surface area contributed by atoms with Crippen LogP contribution < -0.4 is 9.46 Å². The number of halogens is 1. The number of hydrogen-bond donors (Lipinski definition) is 1. The highest BCUT2D eigenvalue weighted by Crippen LogP contribution is 2.28. The number of carbonyl (C=O) groups excluding carboxylic acids is 1. The summed E-state index contributed by atoms with van der Waals surface area (Å²) in [7, 11) is -4.02. The molecule has 4 rings (SSSR count). The van der Waals surface area contributed by atoms with Crippen LogP contribution in [0.25, 0.3) is 0 Å². The summed E-state index contributed by atoms with van der Waals surface area (Å²) in [5.74, 6) is 0.158. The van der Waals surface area contributed by atoms with Crippen LogP contribution in [0.4, 0.5) is 0 Å². The van der Waals surface area contributed by atoms with Crippen molar-refractivity contribution in [3.8, 4) is 5.75 Å². The van der Waals surface area contributed by atoms with E-state index in [4.69, 9.17) is 16.3 Å². The summed E-state index contributed by atoms with van der Waals surface area (Å²) in [5.41, 5.74) is 3.17. The van der Waals surface area contributed by atoms with Crippen molar-refractivity contribution in [2.24, 2.45) is 0 Å². The summed E-state index contributed by atoms with van der Waals surface area (Å²) in [4.78, 5) is 15.3. The first-order valence-electron chi connectivity index (χ1n) is 11.2. The summed E-state index contributed by atoms with van der Waals surface area (Å²) in [6.07, 6.45) is 0.975. The van der Waals surface area contributed by atoms with Gasteiger partial charge in [0.05, 0.1) is 16.5 Å². The van der Waals surface area contributed by atoms with Crippen molar-refractivity contribution in [3.63, 3.8) is 0 Å². The standard InChI is InChI=1S/C26H27ClN2O4S/c1-2-33-25-13-12-22(17-23(25)27)34(31,32)28-24(16-19-8-4-3-5-9-19)26(30)29-15-14-20-10-6-7-11-21(20)18-29/h3-13,17,24,28H,2,14-16,18H2,1H3/t24-/m1/s1. The van der Waals surface area contributed by atoms with E-state index in [1.165, 1.54) is 23.8 Å². The third-order valence-electron chi connectivity index (χ3n) is 5.83. The number of nitrogens with one attached hydrogen (secondary N) is 1. The third-order valence-corrected chi connectivity index (χ3v) is 7.60. The van der Waals surface area contributed by atoms with Crippen molar-refractivity contribution < 1.29 is 17.9 Å². The zero-order valence-corrected chi connectivity index (χ0v) is 20.5. The van der Waals surface area contributed by atoms with Crippen molar-refractivity contribution in [2.75, 3.05) is 13.2 Å². The summed E-state index contributed by atoms with van der Waals surface area (Å²) in [6, 6.07) is 20.7. The molecule has 0 fully saturated rings. The lowest BCUT2D eigenvalue weighted by atomic mass is 9.98. The minimum atomic E-state index is -4.02. The van der Waals surface area contributed by atoms with Gasteiger partial charge in [0.15, 0.2) is 0 Å². The minimum absolute atomic E-state index is 0.0178. The molecule has 1 N–H and O–H groups in total. The predicted molar refractivity (Wildman–Crippen MR) is 132 cm³/mol. The molecule has 0 unspecified atom stereocenters. The van der Waals surface area contributed by atoms with Gasteiger partial charge < -0.3 is 9.64 Å². The normalized spacial score (nSPS) is 14.4. The van der Waals surface area contributed by atoms with Gasteiger partial charge in [-0.1, -0.05) is 66.2 Å². The van der Waals surface area contributed by atoms with Gasteiger partial charge in [-0.2, -0.15) is 4.72 Å². The van der Waals surface area contributed by atoms with Gasteiger partial charge in [-0.25, -0.2) is 8.42 Å². The van der Waals surface area contributed by atoms with Gasteiger partial charge in [-0.05, 0) is 54.7 Å². The average molecular weight is 499 g/mol. The highest BCUT2D eigenvalue weighted by molar-refractivity contribution is 7.89. The van der Waals surface area contributed by atoms with Crippen LogP contribution in [0.2, 0.25) is 5.02 Å². The Labute approximate surface area is 205 Å². The molecule has 1 heterocycles. The van der Waals surface area contributed by atoms with E-state index in [0.717, 1.165) is 17.5 Å². The van der Waals surface area contributed by atoms with Crippen LogP contribution in [0.5, 0.6) is 5.75 Å². The molecule has 0 radical (unpaired) electrons. The molecule has 3 aromatic rings. The molecule has 3 aromatic carbocycles. The highest BCUT2D eigenvalue weighted by atomic mass is 35.5. The largest absolute Gasteiger partial charge is 0.492 e. The molecule has 0 spiro atoms. The Hall–Kier alpha value is -2.87. The van der Waals surface area contributed by atoms with Gasteiger partial charge in [0, 0.05) is 13.1 Å². The lowest BCUT2D eigenvalue weighted by molar-refractivity contribution is -0.133. The predicted octanol–water partition coefficient (Wildman–Crippen LogP) is 4.21. The molecule has 178 valence electrons. The maximum Gasteiger partial charge on any atom is 0.241 e. The zero-order chi connectivity index (χ0) is 24.1. The van der Waals surface area contributed by atoms with Gasteiger partial charge in [-0.15, -0.1) is 0 Å². The molecule has 1 amide bonds. The van der Waals surface area contributed by atoms with Gasteiger partial charge in [0.2, 0.25) is 15.9 Å². The lowest BCUT2D eigenvalue weighted by Crippen LogP contribution is -2.50. The molecule has 0 aromatic heterocycles. The Balaban J connectivity index is 1.60. The highest BCUT2D eigenvalue weighted by Gasteiger charge is 2.31. The van der Waals surface area contributed by atoms with Crippen LogP contribution in [-0.4, -0.2) is 38.4 Å². The van der Waals surface area contributed by atoms with E-state index in [2.05, 4.69) is 10.8 Å². The Morgan fingerprint density at radius 2 is 1.76 bits per heavy atom. The second kappa shape index (κ2) is 10.6. The summed E-state index contributed by atoms with van der Waals surface area (Å²) in [6.45, 7) is 3.23. The number of fused-ring (bicyclic) bond motifs is 1. The Kier molecular flexibility index (Phi) is 7.56. The molecule has 0 aliphatic carbocycles. The van der Waals surface area contributed by atoms with Crippen LogP contribution in [0, 0.1) is 0 Å². The lowest BCUT2D eigenvalue weighted by Gasteiger charge is -2.32. The summed E-state index contributed by atoms with van der Waals surface area (Å²) < 4.78 is 34.6. The maximum absolute atomic E-state index is 13.6. The van der Waals surface area contributed by atoms with Crippen LogP contribution in [0.3, 0.4) is 0 Å². The fraction of sp³-hybridized carbons (Fsp3) is 0.269. The first-order chi connectivity index (χ1) is 16.4. The molecule has 1 aliphatic rings. The number of benzene rings is 3. The fourth-order valence-corrected chi connectivity index (χ4v) is 5.62. The average Bonchev–Trinajstić information content (AvgIpc) is 2.84. The number of ether oxygens (including phenoxy) is 1. The van der Waals surface area contributed by atoms with Crippen LogP contribution >= 0.6 is 11.6 Å². The van der Waals surface area contributed by atoms with Crippen molar-refractivity contribution in [1.82, 2.24) is 9.62 Å². The zero-order valence-electron chi connectivity index (χ0n) is 18.9. The van der Waals surface area contributed by atoms with E-state index in [9.17, 15) is 13.2 Å². The topological polar surface area (TPSA) is 75.7 Å². The van der Waals surface area contributed by atoms with Crippen LogP contribution in [0.15, 0.2) is 77.7 Å². The quantitative estimate of drug-likeness (QED) is 0.504. The van der Waals surface area contributed by atoms with Crippen molar-refractivity contribution in [3.05, 3.63) is 94.5 Å². The second-order valence-electron chi connectivity index (χ2n) is 8.17. The van der Waals surface area contributed by atoms with E-state index >= 15 is 0 Å². The van der Waals surface area contributed by atoms with Gasteiger partial charge in [0.1, 0.15) is 11.8 Å². The Bertz CT molecular complexity index is 1260. The fourth-order valence-electron chi connectivity index (χ4n) is 4.11. The molecular formula is C26H27ClN2O4S. The SMILES string of the molecule is CCOc1ccc(S(=O)(=O)N[C@H](Cc2ccccc2)C(=O)N2CCc3ccccc3C2)cc1Cl. The molecule has 0 bridgehead atoms. The van der Waals surface area contributed by atoms with E-state index in [0.29, 0.717) is 25.4 Å². The van der Waals surface area contributed by atoms with Gasteiger partial charge in [0.25, 0.3) is 0 Å². The first kappa shape index (κ1) is 24.3. The third kappa shape index (κ3) is 5.60. The minimum Gasteiger partial charge on any atom is -0.492 e. The van der Waals surface area contributed by atoms with E-state index in [1.807, 2.05) is 55.5 Å². The van der Waals surface area contributed by atoms with Crippen molar-refractivity contribution in [2.45, 2.75) is 37.2 Å². The number of nitrogens with zero attached hydrogens (tertiary/aromatic N) is 1. The maximum atomic E-state index is 13.6. The molecule has 1 aliphatic heterocycles. The molecule has 0 saturated carbocycles. The van der Waals surface area contributed by atoms with E-state index < -0.39 is 16.1 Å². The number of rotatable bonds is 8. The van der Waals surface area contributed by atoms with Crippen molar-refractivity contribution in [1.29, 1.82) is 0 Å². The summed E-state index contributed by atoms with van der Waals surface area (Å²) >= 11 is 6.22. The molecule has 1 atom stereocenters. The molecular weight excluding hydrogens is 472 g/mol. The van der Waals surface area contributed by atoms with Gasteiger partial charge in [-0.3, -0.25) is 4.79 Å². The Morgan fingerprint density at radius 1 is 1.06 bits per heavy atom. The van der Waals surface area contributed by atoms with E-state index in [1.54, 1.807) is 4.90 Å². The number of sulfonamides is 1. The smallest absolute Gasteiger partial charge is 0.241 e. The first-order valence-corrected chi connectivity index (χ1v) is 13.1. The van der Waals surface area contributed by atoms with Crippen LogP contribution in [-0.2, 0) is 34.2 Å². The Morgan fingerprint density at radius 3 is 2.47 bits per heavy atom. The van der Waals surface area contributed by atoms with E-state index in [-0.39, 0.29) is 22.2 Å². The van der Waals surface area contributed by atoms with Gasteiger partial charge >= 0.3 is 0 Å². The second-order valence-corrected chi connectivity index (χ2v) is 10.3.